The Morgan fingerprint density at radius 3 is 2.03 bits per heavy atom. The zero-order chi connectivity index (χ0) is 27.3. The normalized spacial score (nSPS) is 19.9. The van der Waals surface area contributed by atoms with Crippen molar-refractivity contribution in [2.75, 3.05) is 58.5 Å². The van der Waals surface area contributed by atoms with Gasteiger partial charge in [-0.3, -0.25) is 9.59 Å². The molecule has 2 aliphatic rings. The van der Waals surface area contributed by atoms with Crippen LogP contribution in [-0.2, 0) is 23.8 Å². The zero-order valence-corrected chi connectivity index (χ0v) is 23.4. The molecule has 2 fully saturated rings. The number of carbonyl (C=O) groups excluding carboxylic acids is 3. The molecule has 2 saturated heterocycles. The van der Waals surface area contributed by atoms with Crippen molar-refractivity contribution in [2.45, 2.75) is 81.5 Å². The lowest BCUT2D eigenvalue weighted by Crippen LogP contribution is -2.36. The molecule has 216 valence electrons. The maximum absolute atomic E-state index is 12.0. The molecular weight excluding hydrogens is 508 g/mol. The number of rotatable bonds is 23. The van der Waals surface area contributed by atoms with Crippen molar-refractivity contribution >= 4 is 29.6 Å². The molecule has 0 radical (unpaired) electrons. The Balaban J connectivity index is 1.25. The van der Waals surface area contributed by atoms with E-state index in [-0.39, 0.29) is 29.9 Å². The third-order valence-electron chi connectivity index (χ3n) is 6.37. The fourth-order valence-electron chi connectivity index (χ4n) is 4.31. The molecule has 10 nitrogen and oxygen atoms in total. The van der Waals surface area contributed by atoms with E-state index in [0.29, 0.717) is 70.8 Å². The average Bonchev–Trinajstić information content (AvgIpc) is 3.46. The molecule has 4 N–H and O–H groups in total. The summed E-state index contributed by atoms with van der Waals surface area (Å²) in [5, 5.41) is 12.2. The number of ether oxygens (including phenoxy) is 3. The van der Waals surface area contributed by atoms with Crippen LogP contribution in [0.4, 0.5) is 4.79 Å². The van der Waals surface area contributed by atoms with Crippen LogP contribution in [0.25, 0.3) is 0 Å². The van der Waals surface area contributed by atoms with Crippen molar-refractivity contribution in [3.05, 3.63) is 0 Å². The Morgan fingerprint density at radius 1 is 0.842 bits per heavy atom. The first-order valence-electron chi connectivity index (χ1n) is 14.0. The second kappa shape index (κ2) is 20.9. The molecule has 0 unspecified atom stereocenters. The largest absolute Gasteiger partial charge is 0.379 e. The summed E-state index contributed by atoms with van der Waals surface area (Å²) in [6.45, 7) is 4.43. The first-order chi connectivity index (χ1) is 18.6. The van der Waals surface area contributed by atoms with Crippen molar-refractivity contribution in [2.24, 2.45) is 0 Å². The monoisotopic (exact) mass is 554 g/mol. The minimum Gasteiger partial charge on any atom is -0.379 e. The second-order valence-electron chi connectivity index (χ2n) is 9.52. The molecule has 2 aliphatic heterocycles. The molecule has 3 atom stereocenters. The van der Waals surface area contributed by atoms with E-state index < -0.39 is 0 Å². The minimum absolute atomic E-state index is 0.0542. The SMILES string of the molecule is C#CCCCCC(=O)NCCCOCCOCCOCCCNC(=O)CCCC[C@@H]1SC[C@@H]2NC(=O)N[C@@H]21. The Hall–Kier alpha value is -2.00. The number of unbranched alkanes of at least 4 members (excludes halogenated alkanes) is 3. The third kappa shape index (κ3) is 14.8. The average molecular weight is 555 g/mol. The van der Waals surface area contributed by atoms with E-state index in [4.69, 9.17) is 20.6 Å². The van der Waals surface area contributed by atoms with Gasteiger partial charge >= 0.3 is 6.03 Å². The molecule has 2 heterocycles. The maximum atomic E-state index is 12.0. The molecule has 0 aliphatic carbocycles. The number of hydrogen-bond donors (Lipinski definition) is 4. The van der Waals surface area contributed by atoms with Crippen molar-refractivity contribution in [3.8, 4) is 12.3 Å². The summed E-state index contributed by atoms with van der Waals surface area (Å²) in [6, 6.07) is 0.436. The summed E-state index contributed by atoms with van der Waals surface area (Å²) < 4.78 is 16.5. The second-order valence-corrected chi connectivity index (χ2v) is 10.8. The molecule has 0 aromatic rings. The fraction of sp³-hybridized carbons (Fsp3) is 0.815. The Labute approximate surface area is 231 Å². The predicted molar refractivity (Wildman–Crippen MR) is 149 cm³/mol. The van der Waals surface area contributed by atoms with Crippen LogP contribution >= 0.6 is 11.8 Å². The highest BCUT2D eigenvalue weighted by Gasteiger charge is 2.42. The van der Waals surface area contributed by atoms with Crippen LogP contribution in [0.3, 0.4) is 0 Å². The van der Waals surface area contributed by atoms with Crippen molar-refractivity contribution in [3.63, 3.8) is 0 Å². The molecule has 38 heavy (non-hydrogen) atoms. The fourth-order valence-corrected chi connectivity index (χ4v) is 5.85. The van der Waals surface area contributed by atoms with Crippen molar-refractivity contribution in [1.82, 2.24) is 21.3 Å². The van der Waals surface area contributed by atoms with Crippen LogP contribution in [0.2, 0.25) is 0 Å². The van der Waals surface area contributed by atoms with Gasteiger partial charge in [0.25, 0.3) is 0 Å². The topological polar surface area (TPSA) is 127 Å². The Kier molecular flexibility index (Phi) is 17.7. The molecule has 0 spiro atoms. The van der Waals surface area contributed by atoms with Crippen LogP contribution in [0, 0.1) is 12.3 Å². The molecule has 0 aromatic carbocycles. The van der Waals surface area contributed by atoms with Crippen molar-refractivity contribution < 1.29 is 28.6 Å². The van der Waals surface area contributed by atoms with Gasteiger partial charge in [-0.2, -0.15) is 11.8 Å². The van der Waals surface area contributed by atoms with E-state index in [2.05, 4.69) is 27.2 Å². The van der Waals surface area contributed by atoms with E-state index in [1.54, 1.807) is 0 Å². The molecular formula is C27H46N4O6S. The molecule has 0 bridgehead atoms. The minimum atomic E-state index is -0.0542. The number of urea groups is 1. The number of carbonyl (C=O) groups is 3. The van der Waals surface area contributed by atoms with Crippen LogP contribution in [0.1, 0.15) is 64.2 Å². The Morgan fingerprint density at radius 2 is 1.42 bits per heavy atom. The van der Waals surface area contributed by atoms with Crippen molar-refractivity contribution in [1.29, 1.82) is 0 Å². The quantitative estimate of drug-likeness (QED) is 0.0864. The number of terminal acetylenes is 1. The maximum Gasteiger partial charge on any atom is 0.315 e. The van der Waals surface area contributed by atoms with Crippen LogP contribution in [0.5, 0.6) is 0 Å². The van der Waals surface area contributed by atoms with E-state index in [1.165, 1.54) is 0 Å². The van der Waals surface area contributed by atoms with Gasteiger partial charge in [-0.25, -0.2) is 4.79 Å². The number of fused-ring (bicyclic) bond motifs is 1. The number of nitrogens with one attached hydrogen (secondary N) is 4. The summed E-state index contributed by atoms with van der Waals surface area (Å²) in [7, 11) is 0. The van der Waals surface area contributed by atoms with Gasteiger partial charge in [0, 0.05) is 56.6 Å². The molecule has 0 aromatic heterocycles. The van der Waals surface area contributed by atoms with Gasteiger partial charge in [0.05, 0.1) is 38.5 Å². The highest BCUT2D eigenvalue weighted by Crippen LogP contribution is 2.33. The first-order valence-corrected chi connectivity index (χ1v) is 15.0. The van der Waals surface area contributed by atoms with Gasteiger partial charge in [0.1, 0.15) is 0 Å². The van der Waals surface area contributed by atoms with Gasteiger partial charge in [0.15, 0.2) is 0 Å². The highest BCUT2D eigenvalue weighted by molar-refractivity contribution is 8.00. The van der Waals surface area contributed by atoms with Crippen LogP contribution < -0.4 is 21.3 Å². The number of thioether (sulfide) groups is 1. The summed E-state index contributed by atoms with van der Waals surface area (Å²) in [5.41, 5.74) is 0. The molecule has 2 rings (SSSR count). The zero-order valence-electron chi connectivity index (χ0n) is 22.6. The third-order valence-corrected chi connectivity index (χ3v) is 7.88. The van der Waals surface area contributed by atoms with E-state index in [0.717, 1.165) is 57.1 Å². The van der Waals surface area contributed by atoms with E-state index in [9.17, 15) is 14.4 Å². The van der Waals surface area contributed by atoms with Crippen LogP contribution in [0.15, 0.2) is 0 Å². The lowest BCUT2D eigenvalue weighted by atomic mass is 10.0. The van der Waals surface area contributed by atoms with Gasteiger partial charge in [0.2, 0.25) is 11.8 Å². The molecule has 4 amide bonds. The smallest absolute Gasteiger partial charge is 0.315 e. The van der Waals surface area contributed by atoms with Crippen LogP contribution in [-0.4, -0.2) is 93.7 Å². The molecule has 11 heteroatoms. The lowest BCUT2D eigenvalue weighted by Gasteiger charge is -2.16. The number of hydrogen-bond acceptors (Lipinski definition) is 7. The summed E-state index contributed by atoms with van der Waals surface area (Å²) >= 11 is 1.91. The van der Waals surface area contributed by atoms with Gasteiger partial charge in [-0.1, -0.05) is 6.42 Å². The van der Waals surface area contributed by atoms with Gasteiger partial charge in [-0.05, 0) is 38.5 Å². The predicted octanol–water partition coefficient (Wildman–Crippen LogP) is 1.97. The summed E-state index contributed by atoms with van der Waals surface area (Å²) in [5.74, 6) is 3.69. The van der Waals surface area contributed by atoms with E-state index >= 15 is 0 Å². The van der Waals surface area contributed by atoms with Gasteiger partial charge in [-0.15, -0.1) is 12.3 Å². The standard InChI is InChI=1S/C27H46N4O6S/c1-2-3-4-5-11-24(32)28-13-8-15-35-17-19-37-20-18-36-16-9-14-29-25(33)12-7-6-10-23-26-22(21-38-23)30-27(34)31-26/h1,22-23,26H,3-21H2,(H,28,32)(H,29,33)(H2,30,31,34)/t22-,23-,26-/m0/s1. The van der Waals surface area contributed by atoms with Gasteiger partial charge < -0.3 is 35.5 Å². The number of amides is 4. The Bertz CT molecular complexity index is 735. The highest BCUT2D eigenvalue weighted by atomic mass is 32.2. The molecule has 0 saturated carbocycles. The first kappa shape index (κ1) is 32.2. The summed E-state index contributed by atoms with van der Waals surface area (Å²) in [4.78, 5) is 35.0. The van der Waals surface area contributed by atoms with E-state index in [1.807, 2.05) is 11.8 Å². The summed E-state index contributed by atoms with van der Waals surface area (Å²) in [6.07, 6.45) is 13.1. The lowest BCUT2D eigenvalue weighted by molar-refractivity contribution is -0.122.